The van der Waals surface area contributed by atoms with Gasteiger partial charge in [-0.05, 0) is 42.7 Å². The largest absolute Gasteiger partial charge is 0.331 e. The minimum atomic E-state index is 0.155. The van der Waals surface area contributed by atoms with Gasteiger partial charge in [-0.1, -0.05) is 24.3 Å². The summed E-state index contributed by atoms with van der Waals surface area (Å²) in [6.07, 6.45) is 1.36. The molecule has 0 saturated heterocycles. The Hall–Kier alpha value is -2.62. The number of nitrogens with zero attached hydrogens (tertiary/aromatic N) is 3. The summed E-state index contributed by atoms with van der Waals surface area (Å²) < 4.78 is 2.07. The topological polar surface area (TPSA) is 38.1 Å². The molecule has 0 bridgehead atoms. The lowest BCUT2D eigenvalue weighted by Crippen LogP contribution is -2.30. The summed E-state index contributed by atoms with van der Waals surface area (Å²) in [6.45, 7) is 2.77. The van der Waals surface area contributed by atoms with E-state index < -0.39 is 0 Å². The molecule has 1 aliphatic rings. The van der Waals surface area contributed by atoms with E-state index in [1.54, 1.807) is 0 Å². The Morgan fingerprint density at radius 3 is 2.91 bits per heavy atom. The molecule has 4 nitrogen and oxygen atoms in total. The fourth-order valence-corrected chi connectivity index (χ4v) is 3.34. The van der Waals surface area contributed by atoms with E-state index in [1.807, 2.05) is 49.2 Å². The zero-order valence-corrected chi connectivity index (χ0v) is 13.4. The average Bonchev–Trinajstić information content (AvgIpc) is 3.09. The summed E-state index contributed by atoms with van der Waals surface area (Å²) in [5.74, 6) is 1.14. The van der Waals surface area contributed by atoms with Crippen molar-refractivity contribution >= 4 is 22.6 Å². The molecule has 0 radical (unpaired) electrons. The maximum atomic E-state index is 12.7. The van der Waals surface area contributed by atoms with E-state index in [-0.39, 0.29) is 5.91 Å². The van der Waals surface area contributed by atoms with Gasteiger partial charge in [0.2, 0.25) is 5.91 Å². The molecule has 0 N–H and O–H groups in total. The monoisotopic (exact) mass is 305 g/mol. The lowest BCUT2D eigenvalue weighted by Gasteiger charge is -2.17. The SMILES string of the molecule is Cc1nc2cc(CC(=O)N3CCc4ccccc43)ccc2n1C. The summed E-state index contributed by atoms with van der Waals surface area (Å²) in [6, 6.07) is 14.3. The molecule has 0 saturated carbocycles. The van der Waals surface area contributed by atoms with Crippen LogP contribution in [0.1, 0.15) is 17.0 Å². The van der Waals surface area contributed by atoms with Gasteiger partial charge in [-0.3, -0.25) is 4.79 Å². The van der Waals surface area contributed by atoms with Crippen LogP contribution in [0.5, 0.6) is 0 Å². The van der Waals surface area contributed by atoms with E-state index in [2.05, 4.69) is 21.7 Å². The first-order valence-electron chi connectivity index (χ1n) is 7.94. The van der Waals surface area contributed by atoms with Crippen LogP contribution in [-0.4, -0.2) is 22.0 Å². The number of benzene rings is 2. The van der Waals surface area contributed by atoms with E-state index in [0.29, 0.717) is 6.42 Å². The van der Waals surface area contributed by atoms with Gasteiger partial charge in [-0.15, -0.1) is 0 Å². The molecule has 0 spiro atoms. The molecule has 2 heterocycles. The van der Waals surface area contributed by atoms with Gasteiger partial charge in [-0.25, -0.2) is 4.98 Å². The fraction of sp³-hybridized carbons (Fsp3) is 0.263. The molecule has 0 atom stereocenters. The first kappa shape index (κ1) is 14.0. The van der Waals surface area contributed by atoms with Crippen molar-refractivity contribution in [2.45, 2.75) is 19.8 Å². The number of anilines is 1. The van der Waals surface area contributed by atoms with Crippen molar-refractivity contribution in [1.29, 1.82) is 0 Å². The smallest absolute Gasteiger partial charge is 0.231 e. The lowest BCUT2D eigenvalue weighted by atomic mass is 10.1. The third-order valence-corrected chi connectivity index (χ3v) is 4.71. The summed E-state index contributed by atoms with van der Waals surface area (Å²) in [4.78, 5) is 19.1. The van der Waals surface area contributed by atoms with Gasteiger partial charge in [-0.2, -0.15) is 0 Å². The van der Waals surface area contributed by atoms with Crippen LogP contribution in [0.3, 0.4) is 0 Å². The van der Waals surface area contributed by atoms with Crippen LogP contribution in [-0.2, 0) is 24.7 Å². The number of imidazole rings is 1. The molecule has 23 heavy (non-hydrogen) atoms. The van der Waals surface area contributed by atoms with Gasteiger partial charge in [0.15, 0.2) is 0 Å². The van der Waals surface area contributed by atoms with Crippen LogP contribution in [0, 0.1) is 6.92 Å². The van der Waals surface area contributed by atoms with Gasteiger partial charge >= 0.3 is 0 Å². The molecule has 3 aromatic rings. The molecule has 1 aromatic heterocycles. The standard InChI is InChI=1S/C19H19N3O/c1-13-20-16-11-14(7-8-18(16)21(13)2)12-19(23)22-10-9-15-5-3-4-6-17(15)22/h3-8,11H,9-10,12H2,1-2H3. The highest BCUT2D eigenvalue weighted by atomic mass is 16.2. The Kier molecular flexibility index (Phi) is 3.18. The van der Waals surface area contributed by atoms with Crippen LogP contribution >= 0.6 is 0 Å². The quantitative estimate of drug-likeness (QED) is 0.730. The second-order valence-electron chi connectivity index (χ2n) is 6.14. The van der Waals surface area contributed by atoms with E-state index in [9.17, 15) is 4.79 Å². The van der Waals surface area contributed by atoms with Gasteiger partial charge in [0.05, 0.1) is 17.5 Å². The minimum absolute atomic E-state index is 0.155. The third kappa shape index (κ3) is 2.31. The minimum Gasteiger partial charge on any atom is -0.331 e. The van der Waals surface area contributed by atoms with Crippen LogP contribution in [0.2, 0.25) is 0 Å². The number of fused-ring (bicyclic) bond motifs is 2. The van der Waals surface area contributed by atoms with Gasteiger partial charge in [0, 0.05) is 19.3 Å². The number of aryl methyl sites for hydroxylation is 2. The fourth-order valence-electron chi connectivity index (χ4n) is 3.34. The van der Waals surface area contributed by atoms with E-state index in [1.165, 1.54) is 5.56 Å². The number of rotatable bonds is 2. The summed E-state index contributed by atoms with van der Waals surface area (Å²) in [5.41, 5.74) is 5.40. The van der Waals surface area contributed by atoms with Crippen molar-refractivity contribution in [2.24, 2.45) is 7.05 Å². The van der Waals surface area contributed by atoms with Gasteiger partial charge in [0.1, 0.15) is 5.82 Å². The van der Waals surface area contributed by atoms with E-state index in [0.717, 1.165) is 41.1 Å². The number of amides is 1. The highest BCUT2D eigenvalue weighted by Crippen LogP contribution is 2.28. The van der Waals surface area contributed by atoms with Crippen molar-refractivity contribution in [3.8, 4) is 0 Å². The maximum absolute atomic E-state index is 12.7. The Morgan fingerprint density at radius 2 is 2.04 bits per heavy atom. The predicted octanol–water partition coefficient (Wildman–Crippen LogP) is 3.01. The van der Waals surface area contributed by atoms with E-state index >= 15 is 0 Å². The predicted molar refractivity (Wildman–Crippen MR) is 91.7 cm³/mol. The molecule has 4 rings (SSSR count). The van der Waals surface area contributed by atoms with Crippen LogP contribution in [0.15, 0.2) is 42.5 Å². The zero-order chi connectivity index (χ0) is 16.0. The number of para-hydroxylation sites is 1. The molecular formula is C19H19N3O. The number of aromatic nitrogens is 2. The van der Waals surface area contributed by atoms with Crippen molar-refractivity contribution in [1.82, 2.24) is 9.55 Å². The van der Waals surface area contributed by atoms with E-state index in [4.69, 9.17) is 0 Å². The van der Waals surface area contributed by atoms with Crippen molar-refractivity contribution in [3.63, 3.8) is 0 Å². The number of hydrogen-bond donors (Lipinski definition) is 0. The molecule has 116 valence electrons. The third-order valence-electron chi connectivity index (χ3n) is 4.71. The summed E-state index contributed by atoms with van der Waals surface area (Å²) in [7, 11) is 2.01. The second-order valence-corrected chi connectivity index (χ2v) is 6.14. The van der Waals surface area contributed by atoms with Gasteiger partial charge in [0.25, 0.3) is 0 Å². The highest BCUT2D eigenvalue weighted by molar-refractivity contribution is 5.97. The average molecular weight is 305 g/mol. The first-order valence-corrected chi connectivity index (χ1v) is 7.94. The number of carbonyl (C=O) groups excluding carboxylic acids is 1. The van der Waals surface area contributed by atoms with Crippen LogP contribution in [0.25, 0.3) is 11.0 Å². The normalized spacial score (nSPS) is 13.6. The molecule has 0 unspecified atom stereocenters. The number of hydrogen-bond acceptors (Lipinski definition) is 2. The molecule has 0 aliphatic carbocycles. The van der Waals surface area contributed by atoms with Crippen LogP contribution < -0.4 is 4.90 Å². The Bertz CT molecular complexity index is 910. The molecular weight excluding hydrogens is 286 g/mol. The molecule has 1 aliphatic heterocycles. The lowest BCUT2D eigenvalue weighted by molar-refractivity contribution is -0.117. The molecule has 0 fully saturated rings. The Morgan fingerprint density at radius 1 is 1.22 bits per heavy atom. The summed E-state index contributed by atoms with van der Waals surface area (Å²) in [5, 5.41) is 0. The molecule has 1 amide bonds. The second kappa shape index (κ2) is 5.23. The Labute approximate surface area is 135 Å². The molecule has 4 heteroatoms. The highest BCUT2D eigenvalue weighted by Gasteiger charge is 2.24. The zero-order valence-electron chi connectivity index (χ0n) is 13.4. The van der Waals surface area contributed by atoms with Crippen molar-refractivity contribution in [3.05, 3.63) is 59.4 Å². The number of carbonyl (C=O) groups is 1. The maximum Gasteiger partial charge on any atom is 0.231 e. The van der Waals surface area contributed by atoms with Crippen molar-refractivity contribution in [2.75, 3.05) is 11.4 Å². The van der Waals surface area contributed by atoms with Crippen LogP contribution in [0.4, 0.5) is 5.69 Å². The van der Waals surface area contributed by atoms with Gasteiger partial charge < -0.3 is 9.47 Å². The summed E-state index contributed by atoms with van der Waals surface area (Å²) >= 11 is 0. The first-order chi connectivity index (χ1) is 11.1. The van der Waals surface area contributed by atoms with Crippen molar-refractivity contribution < 1.29 is 4.79 Å². The Balaban J connectivity index is 1.60. The molecule has 2 aromatic carbocycles.